The molecule has 9 heteroatoms. The Morgan fingerprint density at radius 2 is 2.20 bits per heavy atom. The van der Waals surface area contributed by atoms with Gasteiger partial charge < -0.3 is 0 Å². The molecule has 0 atom stereocenters. The molecule has 1 amide bonds. The molecule has 5 nitrogen and oxygen atoms in total. The summed E-state index contributed by atoms with van der Waals surface area (Å²) in [7, 11) is 0. The summed E-state index contributed by atoms with van der Waals surface area (Å²) in [5.41, 5.74) is 0.980. The number of anilines is 1. The van der Waals surface area contributed by atoms with Crippen molar-refractivity contribution < 1.29 is 18.0 Å². The molecule has 0 aliphatic heterocycles. The van der Waals surface area contributed by atoms with E-state index in [4.69, 9.17) is 0 Å². The zero-order valence-electron chi connectivity index (χ0n) is 10.6. The van der Waals surface area contributed by atoms with Crippen LogP contribution >= 0.6 is 11.3 Å². The van der Waals surface area contributed by atoms with Crippen LogP contribution in [0.2, 0.25) is 0 Å². The lowest BCUT2D eigenvalue weighted by Crippen LogP contribution is -2.12. The molecule has 2 aromatic heterocycles. The Hall–Kier alpha value is -1.90. The van der Waals surface area contributed by atoms with Crippen molar-refractivity contribution in [1.29, 1.82) is 0 Å². The number of hydrogen-bond acceptors (Lipinski definition) is 4. The second-order valence-corrected chi connectivity index (χ2v) is 5.17. The van der Waals surface area contributed by atoms with E-state index in [1.54, 1.807) is 11.2 Å². The highest BCUT2D eigenvalue weighted by Gasteiger charge is 2.35. The molecule has 0 saturated heterocycles. The summed E-state index contributed by atoms with van der Waals surface area (Å²) in [4.78, 5) is 16.5. The fourth-order valence-corrected chi connectivity index (χ4v) is 2.60. The monoisotopic (exact) mass is 304 g/mol. The van der Waals surface area contributed by atoms with Gasteiger partial charge in [0.1, 0.15) is 0 Å². The number of carbonyl (C=O) groups excluding carboxylic acids is 1. The molecule has 20 heavy (non-hydrogen) atoms. The van der Waals surface area contributed by atoms with Crippen LogP contribution in [0.25, 0.3) is 0 Å². The molecule has 2 rings (SSSR count). The molecule has 0 aliphatic carbocycles. The summed E-state index contributed by atoms with van der Waals surface area (Å²) in [5, 5.41) is 7.28. The maximum absolute atomic E-state index is 12.3. The molecular weight excluding hydrogens is 293 g/mol. The number of H-pyrrole nitrogens is 1. The van der Waals surface area contributed by atoms with Gasteiger partial charge in [-0.3, -0.25) is 15.2 Å². The van der Waals surface area contributed by atoms with Gasteiger partial charge in [-0.1, -0.05) is 6.92 Å². The summed E-state index contributed by atoms with van der Waals surface area (Å²) < 4.78 is 37.0. The van der Waals surface area contributed by atoms with Crippen molar-refractivity contribution >= 4 is 23.2 Å². The van der Waals surface area contributed by atoms with Crippen LogP contribution in [0.5, 0.6) is 0 Å². The average molecular weight is 304 g/mol. The number of aromatic nitrogens is 3. The first-order valence-corrected chi connectivity index (χ1v) is 6.53. The van der Waals surface area contributed by atoms with Gasteiger partial charge in [0.25, 0.3) is 5.91 Å². The third-order valence-corrected chi connectivity index (χ3v) is 3.92. The van der Waals surface area contributed by atoms with Gasteiger partial charge in [-0.15, -0.1) is 16.4 Å². The number of hydrogen-bond donors (Lipinski definition) is 2. The Kier molecular flexibility index (Phi) is 3.80. The van der Waals surface area contributed by atoms with E-state index in [9.17, 15) is 18.0 Å². The topological polar surface area (TPSA) is 70.7 Å². The minimum Gasteiger partial charge on any atom is -0.288 e. The lowest BCUT2D eigenvalue weighted by Gasteiger charge is -1.99. The number of alkyl halides is 3. The van der Waals surface area contributed by atoms with Gasteiger partial charge in [0.2, 0.25) is 11.8 Å². The van der Waals surface area contributed by atoms with E-state index >= 15 is 0 Å². The minimum atomic E-state index is -4.62. The van der Waals surface area contributed by atoms with Crippen molar-refractivity contribution in [2.45, 2.75) is 26.4 Å². The Bertz CT molecular complexity index is 632. The quantitative estimate of drug-likeness (QED) is 0.915. The van der Waals surface area contributed by atoms with Gasteiger partial charge >= 0.3 is 6.18 Å². The van der Waals surface area contributed by atoms with E-state index in [0.29, 0.717) is 4.88 Å². The Labute approximate surface area is 116 Å². The van der Waals surface area contributed by atoms with Gasteiger partial charge in [0.05, 0.1) is 4.88 Å². The number of amides is 1. The van der Waals surface area contributed by atoms with Crippen LogP contribution in [0.4, 0.5) is 19.1 Å². The van der Waals surface area contributed by atoms with Crippen LogP contribution in [0.15, 0.2) is 6.07 Å². The van der Waals surface area contributed by atoms with E-state index in [1.807, 2.05) is 13.8 Å². The highest BCUT2D eigenvalue weighted by Crippen LogP contribution is 2.27. The molecule has 2 aromatic rings. The number of aryl methyl sites for hydroxylation is 2. The van der Waals surface area contributed by atoms with Gasteiger partial charge in [-0.2, -0.15) is 18.2 Å². The first-order valence-electron chi connectivity index (χ1n) is 5.71. The van der Waals surface area contributed by atoms with Crippen LogP contribution < -0.4 is 5.32 Å². The number of carbonyl (C=O) groups is 1. The second kappa shape index (κ2) is 5.23. The smallest absolute Gasteiger partial charge is 0.288 e. The Morgan fingerprint density at radius 1 is 1.50 bits per heavy atom. The second-order valence-electron chi connectivity index (χ2n) is 4.03. The molecule has 0 saturated carbocycles. The zero-order valence-corrected chi connectivity index (χ0v) is 11.4. The molecule has 108 valence electrons. The number of aromatic amines is 1. The van der Waals surface area contributed by atoms with E-state index < -0.39 is 23.9 Å². The first kappa shape index (κ1) is 14.5. The van der Waals surface area contributed by atoms with Crippen LogP contribution in [0, 0.1) is 6.92 Å². The minimum absolute atomic E-state index is 0.397. The molecule has 0 aromatic carbocycles. The number of halogens is 3. The van der Waals surface area contributed by atoms with E-state index in [-0.39, 0.29) is 0 Å². The number of thiophene rings is 1. The van der Waals surface area contributed by atoms with E-state index in [2.05, 4.69) is 15.4 Å². The van der Waals surface area contributed by atoms with Crippen LogP contribution in [0.1, 0.15) is 32.9 Å². The number of nitrogens with one attached hydrogen (secondary N) is 2. The van der Waals surface area contributed by atoms with Gasteiger partial charge in [0, 0.05) is 4.88 Å². The molecular formula is C11H11F3N4OS. The Balaban J connectivity index is 2.13. The average Bonchev–Trinajstić information content (AvgIpc) is 2.95. The lowest BCUT2D eigenvalue weighted by atomic mass is 10.2. The van der Waals surface area contributed by atoms with Crippen LogP contribution in [-0.4, -0.2) is 21.1 Å². The highest BCUT2D eigenvalue weighted by atomic mass is 32.1. The van der Waals surface area contributed by atoms with Gasteiger partial charge in [0.15, 0.2) is 0 Å². The number of nitrogens with zero attached hydrogens (tertiary/aromatic N) is 2. The fraction of sp³-hybridized carbons (Fsp3) is 0.364. The fourth-order valence-electron chi connectivity index (χ4n) is 1.59. The molecule has 0 radical (unpaired) electrons. The number of rotatable bonds is 3. The van der Waals surface area contributed by atoms with Crippen molar-refractivity contribution in [1.82, 2.24) is 15.2 Å². The Morgan fingerprint density at radius 3 is 2.70 bits per heavy atom. The zero-order chi connectivity index (χ0) is 14.9. The molecule has 0 unspecified atom stereocenters. The van der Waals surface area contributed by atoms with Gasteiger partial charge in [-0.25, -0.2) is 0 Å². The summed E-state index contributed by atoms with van der Waals surface area (Å²) in [6.45, 7) is 3.84. The molecule has 2 N–H and O–H groups in total. The van der Waals surface area contributed by atoms with Crippen molar-refractivity contribution in [3.05, 3.63) is 27.2 Å². The maximum atomic E-state index is 12.3. The standard InChI is InChI=1S/C11H11F3N4OS/c1-3-6-5(2)4-7(20-6)8(19)15-10-16-9(17-18-10)11(12,13)14/h4H,3H2,1-2H3,(H2,15,16,17,18,19). The van der Waals surface area contributed by atoms with Crippen LogP contribution in [0.3, 0.4) is 0 Å². The molecule has 0 fully saturated rings. The predicted octanol–water partition coefficient (Wildman–Crippen LogP) is 3.01. The highest BCUT2D eigenvalue weighted by molar-refractivity contribution is 7.14. The van der Waals surface area contributed by atoms with Crippen molar-refractivity contribution in [2.75, 3.05) is 5.32 Å². The van der Waals surface area contributed by atoms with Gasteiger partial charge in [-0.05, 0) is 25.0 Å². The molecule has 0 spiro atoms. The third kappa shape index (κ3) is 2.98. The van der Waals surface area contributed by atoms with Crippen molar-refractivity contribution in [3.8, 4) is 0 Å². The molecule has 0 bridgehead atoms. The summed E-state index contributed by atoms with van der Waals surface area (Å²) in [6.07, 6.45) is -3.83. The van der Waals surface area contributed by atoms with E-state index in [0.717, 1.165) is 16.9 Å². The van der Waals surface area contributed by atoms with Crippen molar-refractivity contribution in [3.63, 3.8) is 0 Å². The maximum Gasteiger partial charge on any atom is 0.451 e. The molecule has 0 aliphatic rings. The normalized spacial score (nSPS) is 11.7. The summed E-state index contributed by atoms with van der Waals surface area (Å²) in [6, 6.07) is 1.69. The van der Waals surface area contributed by atoms with Crippen molar-refractivity contribution in [2.24, 2.45) is 0 Å². The van der Waals surface area contributed by atoms with Crippen LogP contribution in [-0.2, 0) is 12.6 Å². The predicted molar refractivity (Wildman–Crippen MR) is 67.8 cm³/mol. The third-order valence-electron chi connectivity index (χ3n) is 2.54. The summed E-state index contributed by atoms with van der Waals surface area (Å²) in [5.74, 6) is -2.17. The first-order chi connectivity index (χ1) is 9.31. The largest absolute Gasteiger partial charge is 0.451 e. The lowest BCUT2D eigenvalue weighted by molar-refractivity contribution is -0.144. The SMILES string of the molecule is CCc1sc(C(=O)Nc2n[nH]c(C(F)(F)F)n2)cc1C. The molecule has 2 heterocycles. The summed E-state index contributed by atoms with van der Waals surface area (Å²) >= 11 is 1.30. The van der Waals surface area contributed by atoms with E-state index in [1.165, 1.54) is 11.3 Å².